The molecule has 1 amide bonds. The van der Waals surface area contributed by atoms with Gasteiger partial charge in [0.15, 0.2) is 0 Å². The van der Waals surface area contributed by atoms with E-state index in [0.29, 0.717) is 5.02 Å². The summed E-state index contributed by atoms with van der Waals surface area (Å²) >= 11 is 6.12. The molecule has 0 aromatic heterocycles. The standard InChI is InChI=1S/C16H17ClN2O/c1-11(13-9-5-6-10-14(13)17)19-16(20)15(18)12-7-3-2-4-8-12/h2-11,15H,18H2,1H3,(H,19,20)/t11-,15-/m0/s1. The lowest BCUT2D eigenvalue weighted by atomic mass is 10.1. The van der Waals surface area contributed by atoms with Gasteiger partial charge in [0.05, 0.1) is 6.04 Å². The molecule has 0 aliphatic rings. The third kappa shape index (κ3) is 3.38. The van der Waals surface area contributed by atoms with Crippen molar-refractivity contribution in [2.75, 3.05) is 0 Å². The number of nitrogens with one attached hydrogen (secondary N) is 1. The Balaban J connectivity index is 2.07. The average Bonchev–Trinajstić information content (AvgIpc) is 2.47. The fourth-order valence-electron chi connectivity index (χ4n) is 2.02. The fraction of sp³-hybridized carbons (Fsp3) is 0.188. The third-order valence-electron chi connectivity index (χ3n) is 3.17. The summed E-state index contributed by atoms with van der Waals surface area (Å²) in [6, 6.07) is 15.9. The topological polar surface area (TPSA) is 55.1 Å². The normalized spacial score (nSPS) is 13.6. The highest BCUT2D eigenvalue weighted by Crippen LogP contribution is 2.22. The highest BCUT2D eigenvalue weighted by Gasteiger charge is 2.18. The van der Waals surface area contributed by atoms with Crippen LogP contribution < -0.4 is 11.1 Å². The molecule has 0 spiro atoms. The van der Waals surface area contributed by atoms with E-state index in [-0.39, 0.29) is 11.9 Å². The van der Waals surface area contributed by atoms with E-state index >= 15 is 0 Å². The molecular formula is C16H17ClN2O. The minimum absolute atomic E-state index is 0.189. The first kappa shape index (κ1) is 14.6. The predicted octanol–water partition coefficient (Wildman–Crippen LogP) is 3.22. The van der Waals surface area contributed by atoms with Gasteiger partial charge in [0.1, 0.15) is 6.04 Å². The lowest BCUT2D eigenvalue weighted by Gasteiger charge is -2.19. The molecule has 0 aliphatic heterocycles. The molecule has 2 atom stereocenters. The van der Waals surface area contributed by atoms with Gasteiger partial charge in [-0.25, -0.2) is 0 Å². The third-order valence-corrected chi connectivity index (χ3v) is 3.52. The summed E-state index contributed by atoms with van der Waals surface area (Å²) in [6.07, 6.45) is 0. The molecule has 2 aromatic rings. The van der Waals surface area contributed by atoms with E-state index in [2.05, 4.69) is 5.32 Å². The summed E-state index contributed by atoms with van der Waals surface area (Å²) in [4.78, 5) is 12.2. The van der Waals surface area contributed by atoms with Gasteiger partial charge in [0, 0.05) is 5.02 Å². The first-order valence-corrected chi connectivity index (χ1v) is 6.82. The van der Waals surface area contributed by atoms with Crippen molar-refractivity contribution < 1.29 is 4.79 Å². The Labute approximate surface area is 123 Å². The van der Waals surface area contributed by atoms with E-state index in [9.17, 15) is 4.79 Å². The van der Waals surface area contributed by atoms with Crippen LogP contribution in [-0.2, 0) is 4.79 Å². The Morgan fingerprint density at radius 2 is 1.70 bits per heavy atom. The minimum Gasteiger partial charge on any atom is -0.348 e. The monoisotopic (exact) mass is 288 g/mol. The summed E-state index contributed by atoms with van der Waals surface area (Å²) in [6.45, 7) is 1.89. The maximum absolute atomic E-state index is 12.2. The molecule has 3 N–H and O–H groups in total. The number of carbonyl (C=O) groups is 1. The molecule has 0 fully saturated rings. The molecule has 0 unspecified atom stereocenters. The van der Waals surface area contributed by atoms with Crippen LogP contribution in [0.2, 0.25) is 5.02 Å². The van der Waals surface area contributed by atoms with Gasteiger partial charge in [-0.15, -0.1) is 0 Å². The largest absolute Gasteiger partial charge is 0.348 e. The molecule has 0 saturated carbocycles. The van der Waals surface area contributed by atoms with E-state index in [0.717, 1.165) is 11.1 Å². The second-order valence-electron chi connectivity index (χ2n) is 4.64. The smallest absolute Gasteiger partial charge is 0.241 e. The van der Waals surface area contributed by atoms with Crippen LogP contribution in [0.5, 0.6) is 0 Å². The first-order chi connectivity index (χ1) is 9.59. The van der Waals surface area contributed by atoms with Crippen molar-refractivity contribution in [2.24, 2.45) is 5.73 Å². The molecule has 3 nitrogen and oxygen atoms in total. The van der Waals surface area contributed by atoms with Gasteiger partial charge in [0.2, 0.25) is 5.91 Å². The summed E-state index contributed by atoms with van der Waals surface area (Å²) in [5.74, 6) is -0.219. The number of rotatable bonds is 4. The van der Waals surface area contributed by atoms with Crippen LogP contribution in [0.15, 0.2) is 54.6 Å². The van der Waals surface area contributed by atoms with Gasteiger partial charge in [-0.05, 0) is 24.1 Å². The summed E-state index contributed by atoms with van der Waals surface area (Å²) in [5.41, 5.74) is 7.62. The molecule has 2 rings (SSSR count). The van der Waals surface area contributed by atoms with Crippen molar-refractivity contribution in [3.63, 3.8) is 0 Å². The van der Waals surface area contributed by atoms with Gasteiger partial charge in [-0.2, -0.15) is 0 Å². The Kier molecular flexibility index (Phi) is 4.77. The molecule has 104 valence electrons. The number of carbonyl (C=O) groups excluding carboxylic acids is 1. The van der Waals surface area contributed by atoms with Crippen LogP contribution in [0.25, 0.3) is 0 Å². The lowest BCUT2D eigenvalue weighted by Crippen LogP contribution is -2.35. The number of hydrogen-bond acceptors (Lipinski definition) is 2. The zero-order valence-corrected chi connectivity index (χ0v) is 12.0. The number of halogens is 1. The van der Waals surface area contributed by atoms with Gasteiger partial charge in [0.25, 0.3) is 0 Å². The van der Waals surface area contributed by atoms with Gasteiger partial charge in [-0.3, -0.25) is 4.79 Å². The number of amides is 1. The fourth-order valence-corrected chi connectivity index (χ4v) is 2.32. The van der Waals surface area contributed by atoms with E-state index in [1.807, 2.05) is 55.5 Å². The van der Waals surface area contributed by atoms with Gasteiger partial charge < -0.3 is 11.1 Å². The van der Waals surface area contributed by atoms with Crippen LogP contribution in [0.3, 0.4) is 0 Å². The molecule has 4 heteroatoms. The first-order valence-electron chi connectivity index (χ1n) is 6.45. The zero-order chi connectivity index (χ0) is 14.5. The SMILES string of the molecule is C[C@H](NC(=O)[C@@H](N)c1ccccc1)c1ccccc1Cl. The van der Waals surface area contributed by atoms with Crippen LogP contribution >= 0.6 is 11.6 Å². The van der Waals surface area contributed by atoms with E-state index in [4.69, 9.17) is 17.3 Å². The highest BCUT2D eigenvalue weighted by molar-refractivity contribution is 6.31. The van der Waals surface area contributed by atoms with Crippen molar-refractivity contribution in [1.82, 2.24) is 5.32 Å². The van der Waals surface area contributed by atoms with Crippen LogP contribution in [0.1, 0.15) is 30.1 Å². The Morgan fingerprint density at radius 3 is 2.35 bits per heavy atom. The second-order valence-corrected chi connectivity index (χ2v) is 5.05. The van der Waals surface area contributed by atoms with E-state index < -0.39 is 6.04 Å². The van der Waals surface area contributed by atoms with Gasteiger partial charge in [-0.1, -0.05) is 60.1 Å². The number of benzene rings is 2. The van der Waals surface area contributed by atoms with Crippen molar-refractivity contribution >= 4 is 17.5 Å². The Bertz CT molecular complexity index is 586. The lowest BCUT2D eigenvalue weighted by molar-refractivity contribution is -0.123. The van der Waals surface area contributed by atoms with Crippen molar-refractivity contribution in [3.05, 3.63) is 70.7 Å². The maximum atomic E-state index is 12.2. The molecule has 0 heterocycles. The molecule has 0 bridgehead atoms. The summed E-state index contributed by atoms with van der Waals surface area (Å²) < 4.78 is 0. The second kappa shape index (κ2) is 6.55. The number of hydrogen-bond donors (Lipinski definition) is 2. The Morgan fingerprint density at radius 1 is 1.10 bits per heavy atom. The Hall–Kier alpha value is -1.84. The number of nitrogens with two attached hydrogens (primary N) is 1. The molecule has 0 radical (unpaired) electrons. The highest BCUT2D eigenvalue weighted by atomic mass is 35.5. The van der Waals surface area contributed by atoms with Crippen LogP contribution in [0.4, 0.5) is 0 Å². The van der Waals surface area contributed by atoms with Crippen molar-refractivity contribution in [1.29, 1.82) is 0 Å². The minimum atomic E-state index is -0.680. The van der Waals surface area contributed by atoms with Crippen molar-refractivity contribution in [3.8, 4) is 0 Å². The molecule has 2 aromatic carbocycles. The quantitative estimate of drug-likeness (QED) is 0.907. The molecule has 20 heavy (non-hydrogen) atoms. The van der Waals surface area contributed by atoms with Crippen LogP contribution in [0, 0.1) is 0 Å². The average molecular weight is 289 g/mol. The summed E-state index contributed by atoms with van der Waals surface area (Å²) in [5, 5.41) is 3.52. The molecule has 0 saturated heterocycles. The van der Waals surface area contributed by atoms with E-state index in [1.54, 1.807) is 6.07 Å². The molecular weight excluding hydrogens is 272 g/mol. The van der Waals surface area contributed by atoms with Gasteiger partial charge >= 0.3 is 0 Å². The van der Waals surface area contributed by atoms with Crippen molar-refractivity contribution in [2.45, 2.75) is 19.0 Å². The van der Waals surface area contributed by atoms with E-state index in [1.165, 1.54) is 0 Å². The van der Waals surface area contributed by atoms with Crippen LogP contribution in [-0.4, -0.2) is 5.91 Å². The predicted molar refractivity (Wildman–Crippen MR) is 81.4 cm³/mol. The zero-order valence-electron chi connectivity index (χ0n) is 11.2. The molecule has 0 aliphatic carbocycles. The maximum Gasteiger partial charge on any atom is 0.241 e. The summed E-state index contributed by atoms with van der Waals surface area (Å²) in [7, 11) is 0.